The zero-order valence-corrected chi connectivity index (χ0v) is 10.1. The molecule has 0 aliphatic heterocycles. The zero-order chi connectivity index (χ0) is 13.1. The summed E-state index contributed by atoms with van der Waals surface area (Å²) in [7, 11) is 0. The molecule has 0 aromatic heterocycles. The van der Waals surface area contributed by atoms with Crippen molar-refractivity contribution in [1.82, 2.24) is 5.32 Å². The monoisotopic (exact) mass is 317 g/mol. The summed E-state index contributed by atoms with van der Waals surface area (Å²) in [6.07, 6.45) is -6.96. The molecule has 1 aromatic rings. The minimum Gasteiger partial charge on any atom is -0.307 e. The first-order valence-corrected chi connectivity index (χ1v) is 5.44. The van der Waals surface area contributed by atoms with E-state index in [1.54, 1.807) is 0 Å². The molecule has 96 valence electrons. The maximum Gasteiger partial charge on any atom is 0.416 e. The van der Waals surface area contributed by atoms with Gasteiger partial charge in [-0.1, -0.05) is 15.9 Å². The van der Waals surface area contributed by atoms with Crippen molar-refractivity contribution in [3.05, 3.63) is 33.8 Å². The fourth-order valence-corrected chi connectivity index (χ4v) is 1.59. The first-order valence-electron chi connectivity index (χ1n) is 4.65. The van der Waals surface area contributed by atoms with Crippen LogP contribution in [0, 0.1) is 0 Å². The molecular formula is C10H9BrF5N. The summed E-state index contributed by atoms with van der Waals surface area (Å²) < 4.78 is 61.3. The topological polar surface area (TPSA) is 12.0 Å². The largest absolute Gasteiger partial charge is 0.416 e. The van der Waals surface area contributed by atoms with Crippen LogP contribution in [-0.4, -0.2) is 13.0 Å². The summed E-state index contributed by atoms with van der Waals surface area (Å²) in [4.78, 5) is 0. The molecule has 1 aromatic carbocycles. The van der Waals surface area contributed by atoms with Crippen molar-refractivity contribution in [2.45, 2.75) is 19.1 Å². The summed E-state index contributed by atoms with van der Waals surface area (Å²) in [5, 5.41) is 2.37. The molecule has 0 fully saturated rings. The molecule has 1 N–H and O–H groups in total. The molecule has 0 unspecified atom stereocenters. The maximum absolute atomic E-state index is 12.4. The third-order valence-electron chi connectivity index (χ3n) is 1.99. The van der Waals surface area contributed by atoms with Gasteiger partial charge in [-0.25, -0.2) is 8.78 Å². The van der Waals surface area contributed by atoms with Crippen molar-refractivity contribution in [2.24, 2.45) is 0 Å². The number of nitrogens with one attached hydrogen (secondary N) is 1. The molecule has 7 heteroatoms. The normalized spacial score (nSPS) is 12.2. The van der Waals surface area contributed by atoms with E-state index in [4.69, 9.17) is 0 Å². The Morgan fingerprint density at radius 1 is 1.24 bits per heavy atom. The molecule has 0 atom stereocenters. The van der Waals surface area contributed by atoms with Crippen molar-refractivity contribution in [2.75, 3.05) is 6.54 Å². The van der Waals surface area contributed by atoms with Crippen molar-refractivity contribution in [3.63, 3.8) is 0 Å². The van der Waals surface area contributed by atoms with E-state index in [9.17, 15) is 22.0 Å². The van der Waals surface area contributed by atoms with Gasteiger partial charge in [-0.3, -0.25) is 0 Å². The Kier molecular flexibility index (Phi) is 4.88. The minimum atomic E-state index is -4.43. The highest BCUT2D eigenvalue weighted by molar-refractivity contribution is 9.10. The van der Waals surface area contributed by atoms with Crippen molar-refractivity contribution in [3.8, 4) is 0 Å². The molecule has 1 nitrogen and oxygen atoms in total. The molecule has 0 saturated heterocycles. The summed E-state index contributed by atoms with van der Waals surface area (Å²) in [6.45, 7) is -0.600. The van der Waals surface area contributed by atoms with Gasteiger partial charge in [-0.15, -0.1) is 0 Å². The number of halogens is 6. The number of alkyl halides is 5. The van der Waals surface area contributed by atoms with E-state index in [2.05, 4.69) is 21.2 Å². The highest BCUT2D eigenvalue weighted by Gasteiger charge is 2.30. The predicted molar refractivity (Wildman–Crippen MR) is 56.9 cm³/mol. The predicted octanol–water partition coefficient (Wildman–Crippen LogP) is 3.82. The third kappa shape index (κ3) is 4.59. The Hall–Kier alpha value is -0.690. The van der Waals surface area contributed by atoms with Gasteiger partial charge in [0, 0.05) is 11.0 Å². The maximum atomic E-state index is 12.4. The summed E-state index contributed by atoms with van der Waals surface area (Å²) >= 11 is 3.07. The van der Waals surface area contributed by atoms with Crippen LogP contribution in [0.4, 0.5) is 22.0 Å². The lowest BCUT2D eigenvalue weighted by molar-refractivity contribution is -0.137. The van der Waals surface area contributed by atoms with Crippen molar-refractivity contribution < 1.29 is 22.0 Å². The molecule has 0 saturated carbocycles. The lowest BCUT2D eigenvalue weighted by atomic mass is 10.1. The van der Waals surface area contributed by atoms with Crippen LogP contribution in [0.1, 0.15) is 11.1 Å². The highest BCUT2D eigenvalue weighted by Crippen LogP contribution is 2.31. The molecule has 0 aliphatic rings. The van der Waals surface area contributed by atoms with E-state index in [0.29, 0.717) is 10.0 Å². The van der Waals surface area contributed by atoms with Gasteiger partial charge in [0.1, 0.15) is 0 Å². The van der Waals surface area contributed by atoms with Gasteiger partial charge < -0.3 is 5.32 Å². The SMILES string of the molecule is FC(F)CNCc1cc(C(F)(F)F)ccc1Br. The van der Waals surface area contributed by atoms with Crippen LogP contribution in [0.5, 0.6) is 0 Å². The van der Waals surface area contributed by atoms with E-state index in [0.717, 1.165) is 12.1 Å². The van der Waals surface area contributed by atoms with Gasteiger partial charge in [0.05, 0.1) is 12.1 Å². The molecule has 17 heavy (non-hydrogen) atoms. The second-order valence-corrected chi connectivity index (χ2v) is 4.18. The quantitative estimate of drug-likeness (QED) is 0.832. The molecular weight excluding hydrogens is 309 g/mol. The first kappa shape index (κ1) is 14.4. The van der Waals surface area contributed by atoms with Gasteiger partial charge in [0.15, 0.2) is 0 Å². The van der Waals surface area contributed by atoms with Crippen LogP contribution in [0.3, 0.4) is 0 Å². The number of rotatable bonds is 4. The van der Waals surface area contributed by atoms with Gasteiger partial charge in [-0.05, 0) is 23.8 Å². The lowest BCUT2D eigenvalue weighted by Gasteiger charge is -2.11. The Bertz CT molecular complexity index is 377. The molecule has 1 rings (SSSR count). The fourth-order valence-electron chi connectivity index (χ4n) is 1.20. The average Bonchev–Trinajstić information content (AvgIpc) is 2.18. The van der Waals surface area contributed by atoms with Crippen molar-refractivity contribution in [1.29, 1.82) is 0 Å². The van der Waals surface area contributed by atoms with E-state index < -0.39 is 24.7 Å². The second-order valence-electron chi connectivity index (χ2n) is 3.33. The summed E-state index contributed by atoms with van der Waals surface area (Å²) in [5.74, 6) is 0. The van der Waals surface area contributed by atoms with Gasteiger partial charge in [-0.2, -0.15) is 13.2 Å². The van der Waals surface area contributed by atoms with Crippen LogP contribution in [0.15, 0.2) is 22.7 Å². The summed E-state index contributed by atoms with van der Waals surface area (Å²) in [6, 6.07) is 3.12. The fraction of sp³-hybridized carbons (Fsp3) is 0.400. The van der Waals surface area contributed by atoms with Crippen LogP contribution in [0.2, 0.25) is 0 Å². The Morgan fingerprint density at radius 3 is 2.41 bits per heavy atom. The molecule has 0 heterocycles. The molecule has 0 aliphatic carbocycles. The van der Waals surface area contributed by atoms with Crippen LogP contribution < -0.4 is 5.32 Å². The molecule has 0 spiro atoms. The van der Waals surface area contributed by atoms with Crippen LogP contribution in [-0.2, 0) is 12.7 Å². The molecule has 0 bridgehead atoms. The number of benzene rings is 1. The third-order valence-corrected chi connectivity index (χ3v) is 2.76. The number of hydrogen-bond donors (Lipinski definition) is 1. The lowest BCUT2D eigenvalue weighted by Crippen LogP contribution is -2.21. The van der Waals surface area contributed by atoms with Crippen LogP contribution >= 0.6 is 15.9 Å². The smallest absolute Gasteiger partial charge is 0.307 e. The van der Waals surface area contributed by atoms with E-state index in [-0.39, 0.29) is 6.54 Å². The molecule has 0 amide bonds. The standard InChI is InChI=1S/C10H9BrF5N/c11-8-2-1-7(10(14,15)16)3-6(8)4-17-5-9(12)13/h1-3,9,17H,4-5H2. The van der Waals surface area contributed by atoms with Crippen LogP contribution in [0.25, 0.3) is 0 Å². The highest BCUT2D eigenvalue weighted by atomic mass is 79.9. The number of hydrogen-bond acceptors (Lipinski definition) is 1. The Labute approximate surface area is 103 Å². The van der Waals surface area contributed by atoms with E-state index in [1.807, 2.05) is 0 Å². The van der Waals surface area contributed by atoms with Crippen molar-refractivity contribution >= 4 is 15.9 Å². The summed E-state index contributed by atoms with van der Waals surface area (Å²) in [5.41, 5.74) is -0.505. The first-order chi connectivity index (χ1) is 7.80. The Morgan fingerprint density at radius 2 is 1.88 bits per heavy atom. The van der Waals surface area contributed by atoms with Gasteiger partial charge >= 0.3 is 6.18 Å². The zero-order valence-electron chi connectivity index (χ0n) is 8.49. The Balaban J connectivity index is 2.77. The van der Waals surface area contributed by atoms with Gasteiger partial charge in [0.2, 0.25) is 0 Å². The second kappa shape index (κ2) is 5.77. The minimum absolute atomic E-state index is 0.0468. The van der Waals surface area contributed by atoms with E-state index >= 15 is 0 Å². The van der Waals surface area contributed by atoms with Gasteiger partial charge in [0.25, 0.3) is 6.43 Å². The van der Waals surface area contributed by atoms with E-state index in [1.165, 1.54) is 6.07 Å². The molecule has 0 radical (unpaired) electrons. The average molecular weight is 318 g/mol.